The summed E-state index contributed by atoms with van der Waals surface area (Å²) in [6, 6.07) is 0.659. The van der Waals surface area contributed by atoms with Crippen molar-refractivity contribution in [2.24, 2.45) is 4.99 Å². The lowest BCUT2D eigenvalue weighted by Crippen LogP contribution is -2.43. The van der Waals surface area contributed by atoms with Gasteiger partial charge in [-0.1, -0.05) is 32.0 Å². The summed E-state index contributed by atoms with van der Waals surface area (Å²) < 4.78 is 0. The average molecular weight is 269 g/mol. The van der Waals surface area contributed by atoms with Crippen LogP contribution >= 0.6 is 11.8 Å². The summed E-state index contributed by atoms with van der Waals surface area (Å²) in [4.78, 5) is 7.29. The van der Waals surface area contributed by atoms with Crippen LogP contribution in [0.3, 0.4) is 0 Å². The molecule has 2 fully saturated rings. The van der Waals surface area contributed by atoms with Crippen molar-refractivity contribution in [3.05, 3.63) is 0 Å². The van der Waals surface area contributed by atoms with Gasteiger partial charge in [-0.05, 0) is 39.3 Å². The van der Waals surface area contributed by atoms with Gasteiger partial charge < -0.3 is 10.2 Å². The summed E-state index contributed by atoms with van der Waals surface area (Å²) in [5.41, 5.74) is 0.308. The number of hydrogen-bond donors (Lipinski definition) is 1. The second-order valence-corrected chi connectivity index (χ2v) is 6.64. The Morgan fingerprint density at radius 3 is 2.78 bits per heavy atom. The summed E-state index contributed by atoms with van der Waals surface area (Å²) in [6.45, 7) is 6.75. The maximum atomic E-state index is 4.82. The summed E-state index contributed by atoms with van der Waals surface area (Å²) in [5.74, 6) is 1.18. The van der Waals surface area contributed by atoms with Crippen molar-refractivity contribution < 1.29 is 0 Å². The molecule has 0 aliphatic carbocycles. The van der Waals surface area contributed by atoms with E-state index < -0.39 is 0 Å². The molecule has 1 N–H and O–H groups in total. The molecule has 0 aromatic rings. The predicted molar refractivity (Wildman–Crippen MR) is 81.5 cm³/mol. The van der Waals surface area contributed by atoms with Crippen molar-refractivity contribution in [1.29, 1.82) is 0 Å². The SMILES string of the molecule is CCC1(CC)CSC(=NCC2CCCCN2C)N1. The topological polar surface area (TPSA) is 27.6 Å². The minimum atomic E-state index is 0.308. The van der Waals surface area contributed by atoms with E-state index in [0.29, 0.717) is 11.6 Å². The highest BCUT2D eigenvalue weighted by Gasteiger charge is 2.33. The molecular weight excluding hydrogens is 242 g/mol. The molecule has 0 radical (unpaired) electrons. The first-order valence-corrected chi connectivity index (χ1v) is 8.33. The molecule has 0 amide bonds. The van der Waals surface area contributed by atoms with E-state index in [-0.39, 0.29) is 0 Å². The molecular formula is C14H27N3S. The van der Waals surface area contributed by atoms with E-state index in [2.05, 4.69) is 31.1 Å². The van der Waals surface area contributed by atoms with Crippen LogP contribution in [0, 0.1) is 0 Å². The van der Waals surface area contributed by atoms with Crippen LogP contribution in [0.5, 0.6) is 0 Å². The Bertz CT molecular complexity index is 299. The van der Waals surface area contributed by atoms with Crippen LogP contribution < -0.4 is 5.32 Å². The minimum absolute atomic E-state index is 0.308. The van der Waals surface area contributed by atoms with Gasteiger partial charge in [0.2, 0.25) is 0 Å². The highest BCUT2D eigenvalue weighted by atomic mass is 32.2. The Morgan fingerprint density at radius 2 is 2.17 bits per heavy atom. The number of nitrogens with zero attached hydrogens (tertiary/aromatic N) is 2. The first kappa shape index (κ1) is 14.2. The molecule has 2 heterocycles. The maximum absolute atomic E-state index is 4.82. The van der Waals surface area contributed by atoms with Crippen LogP contribution in [-0.2, 0) is 0 Å². The first-order chi connectivity index (χ1) is 8.69. The van der Waals surface area contributed by atoms with Crippen molar-refractivity contribution in [3.63, 3.8) is 0 Å². The van der Waals surface area contributed by atoms with Gasteiger partial charge in [0.05, 0.1) is 6.54 Å². The summed E-state index contributed by atoms with van der Waals surface area (Å²) in [5, 5.41) is 4.83. The molecule has 104 valence electrons. The molecule has 0 aromatic heterocycles. The van der Waals surface area contributed by atoms with Crippen molar-refractivity contribution in [2.75, 3.05) is 25.9 Å². The van der Waals surface area contributed by atoms with Crippen LogP contribution in [-0.4, -0.2) is 47.5 Å². The molecule has 3 nitrogen and oxygen atoms in total. The zero-order valence-electron chi connectivity index (χ0n) is 12.0. The van der Waals surface area contributed by atoms with Gasteiger partial charge in [-0.3, -0.25) is 4.99 Å². The van der Waals surface area contributed by atoms with Crippen molar-refractivity contribution in [1.82, 2.24) is 10.2 Å². The third kappa shape index (κ3) is 3.21. The number of nitrogens with one attached hydrogen (secondary N) is 1. The van der Waals surface area contributed by atoms with Gasteiger partial charge in [-0.25, -0.2) is 0 Å². The predicted octanol–water partition coefficient (Wildman–Crippen LogP) is 2.72. The van der Waals surface area contributed by atoms with Crippen LogP contribution in [0.4, 0.5) is 0 Å². The zero-order valence-corrected chi connectivity index (χ0v) is 12.9. The zero-order chi connectivity index (χ0) is 13.0. The van der Waals surface area contributed by atoms with Crippen LogP contribution in [0.25, 0.3) is 0 Å². The third-order valence-corrected chi connectivity index (χ3v) is 5.78. The Hall–Kier alpha value is -0.220. The molecule has 1 atom stereocenters. The number of hydrogen-bond acceptors (Lipinski definition) is 3. The quantitative estimate of drug-likeness (QED) is 0.850. The van der Waals surface area contributed by atoms with Gasteiger partial charge in [0.15, 0.2) is 5.17 Å². The van der Waals surface area contributed by atoms with E-state index in [9.17, 15) is 0 Å². The van der Waals surface area contributed by atoms with E-state index in [0.717, 1.165) is 6.54 Å². The molecule has 2 rings (SSSR count). The van der Waals surface area contributed by atoms with E-state index in [1.807, 2.05) is 11.8 Å². The highest BCUT2D eigenvalue weighted by molar-refractivity contribution is 8.14. The van der Waals surface area contributed by atoms with E-state index in [1.54, 1.807) is 0 Å². The smallest absolute Gasteiger partial charge is 0.157 e. The van der Waals surface area contributed by atoms with Gasteiger partial charge in [0, 0.05) is 17.3 Å². The fourth-order valence-electron chi connectivity index (χ4n) is 2.78. The largest absolute Gasteiger partial charge is 0.359 e. The van der Waals surface area contributed by atoms with E-state index >= 15 is 0 Å². The van der Waals surface area contributed by atoms with Crippen LogP contribution in [0.1, 0.15) is 46.0 Å². The van der Waals surface area contributed by atoms with Crippen molar-refractivity contribution >= 4 is 16.9 Å². The molecule has 2 aliphatic heterocycles. The Morgan fingerprint density at radius 1 is 1.39 bits per heavy atom. The monoisotopic (exact) mass is 269 g/mol. The summed E-state index contributed by atoms with van der Waals surface area (Å²) >= 11 is 1.91. The van der Waals surface area contributed by atoms with Gasteiger partial charge in [-0.2, -0.15) is 0 Å². The molecule has 2 aliphatic rings. The maximum Gasteiger partial charge on any atom is 0.157 e. The van der Waals surface area contributed by atoms with Crippen molar-refractivity contribution in [3.8, 4) is 0 Å². The van der Waals surface area contributed by atoms with Gasteiger partial charge in [-0.15, -0.1) is 0 Å². The molecule has 0 spiro atoms. The molecule has 0 saturated carbocycles. The van der Waals surface area contributed by atoms with E-state index in [1.165, 1.54) is 49.6 Å². The standard InChI is InChI=1S/C14H27N3S/c1-4-14(5-2)11-18-13(16-14)15-10-12-8-6-7-9-17(12)3/h12H,4-11H2,1-3H3,(H,15,16). The molecule has 18 heavy (non-hydrogen) atoms. The van der Waals surface area contributed by atoms with E-state index in [4.69, 9.17) is 4.99 Å². The molecule has 0 aromatic carbocycles. The lowest BCUT2D eigenvalue weighted by atomic mass is 9.96. The Balaban J connectivity index is 1.87. The lowest BCUT2D eigenvalue weighted by molar-refractivity contribution is 0.191. The summed E-state index contributed by atoms with van der Waals surface area (Å²) in [6.07, 6.45) is 6.42. The number of thioether (sulfide) groups is 1. The second-order valence-electron chi connectivity index (χ2n) is 5.68. The van der Waals surface area contributed by atoms with Gasteiger partial charge in [0.1, 0.15) is 0 Å². The average Bonchev–Trinajstić information content (AvgIpc) is 2.82. The lowest BCUT2D eigenvalue weighted by Gasteiger charge is -2.31. The van der Waals surface area contributed by atoms with Gasteiger partial charge in [0.25, 0.3) is 0 Å². The van der Waals surface area contributed by atoms with Crippen LogP contribution in [0.2, 0.25) is 0 Å². The third-order valence-electron chi connectivity index (χ3n) is 4.58. The number of likely N-dealkylation sites (N-methyl/N-ethyl adjacent to an activating group) is 1. The fourth-order valence-corrected chi connectivity index (χ4v) is 4.13. The minimum Gasteiger partial charge on any atom is -0.359 e. The molecule has 1 unspecified atom stereocenters. The number of aliphatic imine (C=N–C) groups is 1. The number of likely N-dealkylation sites (tertiary alicyclic amines) is 1. The number of piperidine rings is 1. The number of rotatable bonds is 4. The van der Waals surface area contributed by atoms with Crippen molar-refractivity contribution in [2.45, 2.75) is 57.5 Å². The van der Waals surface area contributed by atoms with Gasteiger partial charge >= 0.3 is 0 Å². The highest BCUT2D eigenvalue weighted by Crippen LogP contribution is 2.29. The molecule has 2 saturated heterocycles. The molecule has 0 bridgehead atoms. The number of amidine groups is 1. The summed E-state index contributed by atoms with van der Waals surface area (Å²) in [7, 11) is 2.24. The van der Waals surface area contributed by atoms with Crippen LogP contribution in [0.15, 0.2) is 4.99 Å². The normalized spacial score (nSPS) is 30.6. The first-order valence-electron chi connectivity index (χ1n) is 7.35. The molecule has 4 heteroatoms. The second kappa shape index (κ2) is 6.29. The fraction of sp³-hybridized carbons (Fsp3) is 0.929. The Kier molecular flexibility index (Phi) is 4.96. The Labute approximate surface area is 116 Å².